The van der Waals surface area contributed by atoms with E-state index in [2.05, 4.69) is 9.71 Å². The van der Waals surface area contributed by atoms with Gasteiger partial charge in [0, 0.05) is 0 Å². The summed E-state index contributed by atoms with van der Waals surface area (Å²) in [7, 11) is -3.56. The van der Waals surface area contributed by atoms with Crippen LogP contribution in [0.2, 0.25) is 4.34 Å². The second-order valence-electron chi connectivity index (χ2n) is 2.89. The van der Waals surface area contributed by atoms with Crippen molar-refractivity contribution in [3.63, 3.8) is 0 Å². The van der Waals surface area contributed by atoms with E-state index in [9.17, 15) is 8.42 Å². The van der Waals surface area contributed by atoms with Crippen LogP contribution in [0, 0.1) is 0 Å². The van der Waals surface area contributed by atoms with Gasteiger partial charge >= 0.3 is 0 Å². The van der Waals surface area contributed by atoms with Crippen LogP contribution in [0.15, 0.2) is 41.4 Å². The Kier molecular flexibility index (Phi) is 3.13. The maximum atomic E-state index is 11.8. The number of hydrogen-bond donors (Lipinski definition) is 1. The van der Waals surface area contributed by atoms with Gasteiger partial charge in [0.05, 0.1) is 11.1 Å². The fraction of sp³-hybridized carbons (Fsp3) is 0. The molecule has 0 aliphatic carbocycles. The largest absolute Gasteiger partial charge is 0.263 e. The van der Waals surface area contributed by atoms with Gasteiger partial charge in [0.2, 0.25) is 0 Å². The molecule has 84 valence electrons. The minimum absolute atomic E-state index is 0.196. The predicted molar refractivity (Wildman–Crippen MR) is 64.4 cm³/mol. The molecule has 2 aromatic rings. The Morgan fingerprint density at radius 1 is 1.25 bits per heavy atom. The van der Waals surface area contributed by atoms with Crippen molar-refractivity contribution in [3.05, 3.63) is 40.9 Å². The zero-order valence-electron chi connectivity index (χ0n) is 7.92. The Balaban J connectivity index is 2.28. The normalized spacial score (nSPS) is 11.3. The number of aromatic nitrogens is 1. The molecule has 0 bridgehead atoms. The molecule has 0 unspecified atom stereocenters. The van der Waals surface area contributed by atoms with E-state index < -0.39 is 10.0 Å². The minimum Gasteiger partial charge on any atom is -0.255 e. The maximum absolute atomic E-state index is 11.8. The number of nitrogens with zero attached hydrogens (tertiary/aromatic N) is 1. The van der Waals surface area contributed by atoms with E-state index in [1.54, 1.807) is 18.2 Å². The summed E-state index contributed by atoms with van der Waals surface area (Å²) >= 11 is 6.73. The van der Waals surface area contributed by atoms with E-state index in [0.717, 1.165) is 11.3 Å². The Hall–Kier alpha value is -1.11. The van der Waals surface area contributed by atoms with Crippen molar-refractivity contribution in [2.75, 3.05) is 4.72 Å². The lowest BCUT2D eigenvalue weighted by molar-refractivity contribution is 0.601. The van der Waals surface area contributed by atoms with Crippen molar-refractivity contribution in [1.29, 1.82) is 0 Å². The Labute approximate surface area is 102 Å². The SMILES string of the molecule is O=S(=O)(Nc1ncc(Cl)s1)c1ccccc1. The van der Waals surface area contributed by atoms with E-state index in [1.807, 2.05) is 0 Å². The van der Waals surface area contributed by atoms with E-state index in [0.29, 0.717) is 4.34 Å². The van der Waals surface area contributed by atoms with E-state index in [4.69, 9.17) is 11.6 Å². The number of hydrogen-bond acceptors (Lipinski definition) is 4. The molecule has 0 aliphatic rings. The van der Waals surface area contributed by atoms with Crippen LogP contribution in [0.3, 0.4) is 0 Å². The van der Waals surface area contributed by atoms with E-state index >= 15 is 0 Å². The first-order chi connectivity index (χ1) is 7.58. The predicted octanol–water partition coefficient (Wildman–Crippen LogP) is 2.60. The summed E-state index contributed by atoms with van der Waals surface area (Å²) in [5.74, 6) is 0. The number of halogens is 1. The van der Waals surface area contributed by atoms with Crippen molar-refractivity contribution >= 4 is 38.1 Å². The van der Waals surface area contributed by atoms with E-state index in [-0.39, 0.29) is 10.0 Å². The molecule has 0 spiro atoms. The minimum atomic E-state index is -3.56. The molecule has 1 heterocycles. The van der Waals surface area contributed by atoms with Gasteiger partial charge in [-0.15, -0.1) is 0 Å². The van der Waals surface area contributed by atoms with Crippen LogP contribution in [0.5, 0.6) is 0 Å². The first-order valence-electron chi connectivity index (χ1n) is 4.27. The van der Waals surface area contributed by atoms with Crippen LogP contribution < -0.4 is 4.72 Å². The molecule has 0 saturated heterocycles. The molecular formula is C9H7ClN2O2S2. The molecule has 1 aromatic heterocycles. The number of nitrogens with one attached hydrogen (secondary N) is 1. The first kappa shape index (κ1) is 11.4. The van der Waals surface area contributed by atoms with Gasteiger partial charge in [-0.3, -0.25) is 4.72 Å². The highest BCUT2D eigenvalue weighted by Crippen LogP contribution is 2.24. The molecule has 0 atom stereocenters. The fourth-order valence-corrected chi connectivity index (χ4v) is 3.15. The van der Waals surface area contributed by atoms with Gasteiger partial charge in [-0.25, -0.2) is 13.4 Å². The van der Waals surface area contributed by atoms with Gasteiger partial charge < -0.3 is 0 Å². The van der Waals surface area contributed by atoms with Gasteiger partial charge in [0.15, 0.2) is 5.13 Å². The molecule has 7 heteroatoms. The van der Waals surface area contributed by atoms with Crippen LogP contribution in [0.1, 0.15) is 0 Å². The summed E-state index contributed by atoms with van der Waals surface area (Å²) in [6.45, 7) is 0. The molecule has 16 heavy (non-hydrogen) atoms. The molecule has 0 saturated carbocycles. The third kappa shape index (κ3) is 2.52. The Morgan fingerprint density at radius 3 is 2.50 bits per heavy atom. The first-order valence-corrected chi connectivity index (χ1v) is 6.95. The van der Waals surface area contributed by atoms with Crippen LogP contribution in [0.4, 0.5) is 5.13 Å². The fourth-order valence-electron chi connectivity index (χ4n) is 1.08. The van der Waals surface area contributed by atoms with Gasteiger partial charge in [0.1, 0.15) is 4.34 Å². The average Bonchev–Trinajstić information content (AvgIpc) is 2.64. The van der Waals surface area contributed by atoms with E-state index in [1.165, 1.54) is 18.3 Å². The van der Waals surface area contributed by atoms with Gasteiger partial charge in [0.25, 0.3) is 10.0 Å². The summed E-state index contributed by atoms with van der Waals surface area (Å²) < 4.78 is 26.4. The molecular weight excluding hydrogens is 268 g/mol. The highest BCUT2D eigenvalue weighted by atomic mass is 35.5. The smallest absolute Gasteiger partial charge is 0.255 e. The highest BCUT2D eigenvalue weighted by Gasteiger charge is 2.14. The lowest BCUT2D eigenvalue weighted by Gasteiger charge is -2.03. The number of thiazole rings is 1. The average molecular weight is 275 g/mol. The van der Waals surface area contributed by atoms with Crippen molar-refractivity contribution in [2.24, 2.45) is 0 Å². The van der Waals surface area contributed by atoms with Crippen LogP contribution in [-0.4, -0.2) is 13.4 Å². The van der Waals surface area contributed by atoms with Crippen LogP contribution in [0.25, 0.3) is 0 Å². The van der Waals surface area contributed by atoms with Crippen LogP contribution >= 0.6 is 22.9 Å². The molecule has 0 aliphatic heterocycles. The molecule has 0 fully saturated rings. The van der Waals surface area contributed by atoms with Crippen molar-refractivity contribution < 1.29 is 8.42 Å². The highest BCUT2D eigenvalue weighted by molar-refractivity contribution is 7.93. The summed E-state index contributed by atoms with van der Waals surface area (Å²) in [6, 6.07) is 8.08. The molecule has 0 amide bonds. The third-order valence-corrected chi connectivity index (χ3v) is 4.27. The third-order valence-electron chi connectivity index (χ3n) is 1.75. The quantitative estimate of drug-likeness (QED) is 0.936. The van der Waals surface area contributed by atoms with Crippen LogP contribution in [-0.2, 0) is 10.0 Å². The molecule has 1 N–H and O–H groups in total. The monoisotopic (exact) mass is 274 g/mol. The summed E-state index contributed by atoms with van der Waals surface area (Å²) in [6.07, 6.45) is 1.40. The maximum Gasteiger partial charge on any atom is 0.263 e. The zero-order valence-corrected chi connectivity index (χ0v) is 10.3. The van der Waals surface area contributed by atoms with Crippen molar-refractivity contribution in [2.45, 2.75) is 4.90 Å². The number of rotatable bonds is 3. The molecule has 2 rings (SSSR count). The zero-order chi connectivity index (χ0) is 11.6. The van der Waals surface area contributed by atoms with Crippen molar-refractivity contribution in [1.82, 2.24) is 4.98 Å². The summed E-state index contributed by atoms with van der Waals surface area (Å²) in [4.78, 5) is 4.02. The summed E-state index contributed by atoms with van der Waals surface area (Å²) in [5.41, 5.74) is 0. The Morgan fingerprint density at radius 2 is 1.94 bits per heavy atom. The number of sulfonamides is 1. The van der Waals surface area contributed by atoms with Gasteiger partial charge in [-0.1, -0.05) is 41.1 Å². The number of anilines is 1. The molecule has 1 aromatic carbocycles. The van der Waals surface area contributed by atoms with Gasteiger partial charge in [-0.05, 0) is 12.1 Å². The van der Waals surface area contributed by atoms with Crippen molar-refractivity contribution in [3.8, 4) is 0 Å². The lowest BCUT2D eigenvalue weighted by Crippen LogP contribution is -2.12. The second-order valence-corrected chi connectivity index (χ2v) is 6.23. The molecule has 0 radical (unpaired) electrons. The standard InChI is InChI=1S/C9H7ClN2O2S2/c10-8-6-11-9(15-8)12-16(13,14)7-4-2-1-3-5-7/h1-6H,(H,11,12). The van der Waals surface area contributed by atoms with Gasteiger partial charge in [-0.2, -0.15) is 0 Å². The Bertz CT molecular complexity index is 581. The topological polar surface area (TPSA) is 59.1 Å². The molecule has 4 nitrogen and oxygen atoms in total. The second kappa shape index (κ2) is 4.40. The summed E-state index contributed by atoms with van der Waals surface area (Å²) in [5, 5.41) is 0.258. The number of benzene rings is 1. The lowest BCUT2D eigenvalue weighted by atomic mass is 10.4.